The molecule has 8 heteroatoms. The molecule has 5 amide bonds. The molecule has 2 saturated heterocycles. The van der Waals surface area contributed by atoms with Crippen molar-refractivity contribution in [2.45, 2.75) is 63.5 Å². The molecule has 4 rings (SSSR count). The molecule has 0 aromatic heterocycles. The SMILES string of the molecule is O=C(CCN1C(=O)NC2(CCCCC2)C1=O)Nc1cccc(CN2CCCC2=O)c1. The highest BCUT2D eigenvalue weighted by Crippen LogP contribution is 2.33. The minimum atomic E-state index is -0.757. The summed E-state index contributed by atoms with van der Waals surface area (Å²) in [5, 5.41) is 5.69. The normalized spacial score (nSPS) is 20.7. The van der Waals surface area contributed by atoms with Crippen molar-refractivity contribution in [3.8, 4) is 0 Å². The lowest BCUT2D eigenvalue weighted by atomic mass is 9.82. The van der Waals surface area contributed by atoms with Crippen molar-refractivity contribution in [3.63, 3.8) is 0 Å². The van der Waals surface area contributed by atoms with Crippen molar-refractivity contribution in [1.82, 2.24) is 15.1 Å². The van der Waals surface area contributed by atoms with Crippen LogP contribution >= 0.6 is 0 Å². The monoisotopic (exact) mass is 412 g/mol. The highest BCUT2D eigenvalue weighted by Gasteiger charge is 2.51. The summed E-state index contributed by atoms with van der Waals surface area (Å²) in [7, 11) is 0. The second-order valence-corrected chi connectivity index (χ2v) is 8.45. The third-order valence-corrected chi connectivity index (χ3v) is 6.27. The number of imide groups is 1. The Bertz CT molecular complexity index is 862. The molecule has 1 saturated carbocycles. The Labute approximate surface area is 176 Å². The predicted octanol–water partition coefficient (Wildman–Crippen LogP) is 2.39. The lowest BCUT2D eigenvalue weighted by molar-refractivity contribution is -0.132. The maximum Gasteiger partial charge on any atom is 0.325 e. The lowest BCUT2D eigenvalue weighted by Gasteiger charge is -2.30. The lowest BCUT2D eigenvalue weighted by Crippen LogP contribution is -2.48. The Hall–Kier alpha value is -2.90. The molecule has 0 bridgehead atoms. The highest BCUT2D eigenvalue weighted by atomic mass is 16.2. The van der Waals surface area contributed by atoms with Crippen LogP contribution in [0.15, 0.2) is 24.3 Å². The average Bonchev–Trinajstić information content (AvgIpc) is 3.22. The van der Waals surface area contributed by atoms with Crippen LogP contribution in [-0.4, -0.2) is 52.2 Å². The fourth-order valence-electron chi connectivity index (χ4n) is 4.65. The Kier molecular flexibility index (Phi) is 5.74. The molecule has 160 valence electrons. The standard InChI is InChI=1S/C22H28N4O4/c27-18(9-13-26-20(29)22(24-21(26)30)10-2-1-3-11-22)23-17-7-4-6-16(14-17)15-25-12-5-8-19(25)28/h4,6-7,14H,1-3,5,8-13,15H2,(H,23,27)(H,24,30). The molecular formula is C22H28N4O4. The summed E-state index contributed by atoms with van der Waals surface area (Å²) in [5.74, 6) is -0.291. The van der Waals surface area contributed by atoms with E-state index in [4.69, 9.17) is 0 Å². The van der Waals surface area contributed by atoms with Crippen LogP contribution in [0.1, 0.15) is 56.9 Å². The van der Waals surface area contributed by atoms with E-state index >= 15 is 0 Å². The summed E-state index contributed by atoms with van der Waals surface area (Å²) in [5.41, 5.74) is 0.842. The van der Waals surface area contributed by atoms with Gasteiger partial charge in [-0.3, -0.25) is 19.3 Å². The highest BCUT2D eigenvalue weighted by molar-refractivity contribution is 6.07. The van der Waals surface area contributed by atoms with Gasteiger partial charge in [0.15, 0.2) is 0 Å². The predicted molar refractivity (Wildman–Crippen MR) is 110 cm³/mol. The minimum Gasteiger partial charge on any atom is -0.338 e. The van der Waals surface area contributed by atoms with Crippen molar-refractivity contribution in [1.29, 1.82) is 0 Å². The smallest absolute Gasteiger partial charge is 0.325 e. The topological polar surface area (TPSA) is 98.8 Å². The van der Waals surface area contributed by atoms with Crippen molar-refractivity contribution < 1.29 is 19.2 Å². The quantitative estimate of drug-likeness (QED) is 0.701. The van der Waals surface area contributed by atoms with Gasteiger partial charge in [-0.2, -0.15) is 0 Å². The van der Waals surface area contributed by atoms with Gasteiger partial charge in [-0.15, -0.1) is 0 Å². The minimum absolute atomic E-state index is 0.0457. The first-order valence-corrected chi connectivity index (χ1v) is 10.8. The van der Waals surface area contributed by atoms with Crippen molar-refractivity contribution >= 4 is 29.4 Å². The Balaban J connectivity index is 1.31. The van der Waals surface area contributed by atoms with E-state index in [1.54, 1.807) is 6.07 Å². The van der Waals surface area contributed by atoms with Crippen LogP contribution in [0.2, 0.25) is 0 Å². The molecule has 3 aliphatic rings. The summed E-state index contributed by atoms with van der Waals surface area (Å²) in [6, 6.07) is 7.02. The molecule has 0 atom stereocenters. The van der Waals surface area contributed by atoms with Gasteiger partial charge in [0.1, 0.15) is 5.54 Å². The van der Waals surface area contributed by atoms with E-state index in [0.717, 1.165) is 37.8 Å². The number of anilines is 1. The number of nitrogens with zero attached hydrogens (tertiary/aromatic N) is 2. The zero-order valence-electron chi connectivity index (χ0n) is 17.1. The molecule has 0 radical (unpaired) electrons. The molecule has 0 unspecified atom stereocenters. The Morgan fingerprint density at radius 2 is 1.90 bits per heavy atom. The van der Waals surface area contributed by atoms with E-state index < -0.39 is 11.6 Å². The largest absolute Gasteiger partial charge is 0.338 e. The van der Waals surface area contributed by atoms with Gasteiger partial charge in [-0.05, 0) is 37.0 Å². The zero-order chi connectivity index (χ0) is 21.1. The molecule has 1 aromatic rings. The molecule has 8 nitrogen and oxygen atoms in total. The van der Waals surface area contributed by atoms with Crippen molar-refractivity contribution in [2.24, 2.45) is 0 Å². The van der Waals surface area contributed by atoms with Gasteiger partial charge in [0.25, 0.3) is 5.91 Å². The van der Waals surface area contributed by atoms with E-state index in [9.17, 15) is 19.2 Å². The summed E-state index contributed by atoms with van der Waals surface area (Å²) >= 11 is 0. The fraction of sp³-hybridized carbons (Fsp3) is 0.545. The molecule has 1 aliphatic carbocycles. The van der Waals surface area contributed by atoms with Gasteiger partial charge in [0.05, 0.1) is 0 Å². The number of carbonyl (C=O) groups is 4. The van der Waals surface area contributed by atoms with E-state index in [2.05, 4.69) is 10.6 Å². The van der Waals surface area contributed by atoms with Crippen molar-refractivity contribution in [3.05, 3.63) is 29.8 Å². The maximum atomic E-state index is 12.8. The van der Waals surface area contributed by atoms with Gasteiger partial charge in [-0.1, -0.05) is 31.4 Å². The van der Waals surface area contributed by atoms with Crippen LogP contribution in [0.25, 0.3) is 0 Å². The fourth-order valence-corrected chi connectivity index (χ4v) is 4.65. The molecule has 2 heterocycles. The van der Waals surface area contributed by atoms with Gasteiger partial charge in [0.2, 0.25) is 11.8 Å². The number of likely N-dealkylation sites (tertiary alicyclic amines) is 1. The van der Waals surface area contributed by atoms with Gasteiger partial charge >= 0.3 is 6.03 Å². The number of carbonyl (C=O) groups excluding carboxylic acids is 4. The first-order valence-electron chi connectivity index (χ1n) is 10.8. The molecule has 2 aliphatic heterocycles. The molecule has 1 spiro atoms. The maximum absolute atomic E-state index is 12.8. The molecule has 3 fully saturated rings. The number of amides is 5. The molecule has 2 N–H and O–H groups in total. The first-order chi connectivity index (χ1) is 14.5. The van der Waals surface area contributed by atoms with Crippen LogP contribution in [0.3, 0.4) is 0 Å². The summed E-state index contributed by atoms with van der Waals surface area (Å²) in [6.07, 6.45) is 5.82. The van der Waals surface area contributed by atoms with E-state index in [0.29, 0.717) is 31.5 Å². The third-order valence-electron chi connectivity index (χ3n) is 6.27. The summed E-state index contributed by atoms with van der Waals surface area (Å²) in [6.45, 7) is 1.37. The van der Waals surface area contributed by atoms with E-state index in [1.165, 1.54) is 4.90 Å². The molecule has 30 heavy (non-hydrogen) atoms. The van der Waals surface area contributed by atoms with E-state index in [-0.39, 0.29) is 30.7 Å². The third kappa shape index (κ3) is 4.17. The van der Waals surface area contributed by atoms with Crippen LogP contribution in [-0.2, 0) is 20.9 Å². The zero-order valence-corrected chi connectivity index (χ0v) is 17.1. The number of rotatable bonds is 6. The summed E-state index contributed by atoms with van der Waals surface area (Å²) < 4.78 is 0. The number of urea groups is 1. The summed E-state index contributed by atoms with van der Waals surface area (Å²) in [4.78, 5) is 52.3. The van der Waals surface area contributed by atoms with Crippen LogP contribution in [0.5, 0.6) is 0 Å². The van der Waals surface area contributed by atoms with Gasteiger partial charge in [-0.25, -0.2) is 4.79 Å². The van der Waals surface area contributed by atoms with Gasteiger partial charge < -0.3 is 15.5 Å². The van der Waals surface area contributed by atoms with Crippen LogP contribution in [0, 0.1) is 0 Å². The number of benzene rings is 1. The number of hydrogen-bond donors (Lipinski definition) is 2. The Morgan fingerprint density at radius 1 is 1.10 bits per heavy atom. The number of nitrogens with one attached hydrogen (secondary N) is 2. The second-order valence-electron chi connectivity index (χ2n) is 8.45. The number of hydrogen-bond acceptors (Lipinski definition) is 4. The molecule has 1 aromatic carbocycles. The Morgan fingerprint density at radius 3 is 2.63 bits per heavy atom. The first kappa shape index (κ1) is 20.4. The van der Waals surface area contributed by atoms with E-state index in [1.807, 2.05) is 23.1 Å². The molecular weight excluding hydrogens is 384 g/mol. The van der Waals surface area contributed by atoms with Crippen molar-refractivity contribution in [2.75, 3.05) is 18.4 Å². The van der Waals surface area contributed by atoms with Crippen LogP contribution in [0.4, 0.5) is 10.5 Å². The average molecular weight is 412 g/mol. The second kappa shape index (κ2) is 8.45. The van der Waals surface area contributed by atoms with Gasteiger partial charge in [0, 0.05) is 38.2 Å². The van der Waals surface area contributed by atoms with Crippen LogP contribution < -0.4 is 10.6 Å².